The highest BCUT2D eigenvalue weighted by Crippen LogP contribution is 2.37. The molecule has 15 heavy (non-hydrogen) atoms. The minimum absolute atomic E-state index is 0.757. The van der Waals surface area contributed by atoms with Gasteiger partial charge in [0, 0.05) is 19.1 Å². The number of hydrogen-bond acceptors (Lipinski definition) is 2. The highest BCUT2D eigenvalue weighted by Gasteiger charge is 2.30. The number of rotatable bonds is 5. The Morgan fingerprint density at radius 3 is 2.67 bits per heavy atom. The zero-order valence-corrected chi connectivity index (χ0v) is 10.3. The molecule has 0 spiro atoms. The second-order valence-electron chi connectivity index (χ2n) is 5.65. The molecule has 2 unspecified atom stereocenters. The Morgan fingerprint density at radius 2 is 2.00 bits per heavy atom. The van der Waals surface area contributed by atoms with E-state index in [0.717, 1.165) is 17.9 Å². The van der Waals surface area contributed by atoms with Gasteiger partial charge in [-0.2, -0.15) is 0 Å². The number of nitrogens with zero attached hydrogens (tertiary/aromatic N) is 1. The highest BCUT2D eigenvalue weighted by atomic mass is 15.1. The van der Waals surface area contributed by atoms with E-state index in [2.05, 4.69) is 24.2 Å². The second kappa shape index (κ2) is 5.31. The average molecular weight is 210 g/mol. The first-order valence-corrected chi connectivity index (χ1v) is 6.69. The van der Waals surface area contributed by atoms with Gasteiger partial charge in [-0.15, -0.1) is 0 Å². The molecule has 0 amide bonds. The maximum Gasteiger partial charge on any atom is 0.0198 e. The fraction of sp³-hybridized carbons (Fsp3) is 1.00. The van der Waals surface area contributed by atoms with Gasteiger partial charge in [-0.3, -0.25) is 0 Å². The summed E-state index contributed by atoms with van der Waals surface area (Å²) in [6.45, 7) is 6.03. The van der Waals surface area contributed by atoms with Crippen LogP contribution in [-0.2, 0) is 0 Å². The first-order valence-electron chi connectivity index (χ1n) is 6.69. The van der Waals surface area contributed by atoms with Crippen molar-refractivity contribution in [1.29, 1.82) is 0 Å². The van der Waals surface area contributed by atoms with Crippen molar-refractivity contribution in [2.75, 3.05) is 26.7 Å². The van der Waals surface area contributed by atoms with Crippen molar-refractivity contribution >= 4 is 0 Å². The summed E-state index contributed by atoms with van der Waals surface area (Å²) in [5.74, 6) is 2.05. The van der Waals surface area contributed by atoms with E-state index < -0.39 is 0 Å². The molecule has 1 saturated heterocycles. The molecule has 2 aliphatic rings. The van der Waals surface area contributed by atoms with Gasteiger partial charge in [0.15, 0.2) is 0 Å². The predicted molar refractivity (Wildman–Crippen MR) is 65.0 cm³/mol. The van der Waals surface area contributed by atoms with E-state index in [1.54, 1.807) is 0 Å². The van der Waals surface area contributed by atoms with Crippen molar-refractivity contribution in [3.8, 4) is 0 Å². The number of likely N-dealkylation sites (N-methyl/N-ethyl adjacent to an activating group) is 1. The van der Waals surface area contributed by atoms with Crippen LogP contribution in [-0.4, -0.2) is 37.6 Å². The standard InChI is InChI=1S/C13H26N2/c1-3-6-14-13-8-12(7-11-4-5-11)9-15(2)10-13/h11-14H,3-10H2,1-2H3. The van der Waals surface area contributed by atoms with Crippen LogP contribution in [0.3, 0.4) is 0 Å². The van der Waals surface area contributed by atoms with Crippen molar-refractivity contribution in [2.24, 2.45) is 11.8 Å². The Kier molecular flexibility index (Phi) is 4.04. The molecular weight excluding hydrogens is 184 g/mol. The SMILES string of the molecule is CCCNC1CC(CC2CC2)CN(C)C1. The molecular formula is C13H26N2. The van der Waals surface area contributed by atoms with E-state index in [4.69, 9.17) is 0 Å². The molecule has 0 aromatic heterocycles. The normalized spacial score (nSPS) is 33.2. The van der Waals surface area contributed by atoms with Gasteiger partial charge >= 0.3 is 0 Å². The molecule has 2 rings (SSSR count). The molecule has 1 aliphatic carbocycles. The summed E-state index contributed by atoms with van der Waals surface area (Å²) in [4.78, 5) is 2.52. The Hall–Kier alpha value is -0.0800. The number of piperidine rings is 1. The van der Waals surface area contributed by atoms with Gasteiger partial charge in [-0.1, -0.05) is 19.8 Å². The fourth-order valence-corrected chi connectivity index (χ4v) is 2.94. The van der Waals surface area contributed by atoms with Crippen LogP contribution >= 0.6 is 0 Å². The third-order valence-electron chi connectivity index (χ3n) is 3.77. The smallest absolute Gasteiger partial charge is 0.0198 e. The minimum Gasteiger partial charge on any atom is -0.313 e. The van der Waals surface area contributed by atoms with Gasteiger partial charge in [-0.05, 0) is 44.7 Å². The molecule has 0 aromatic carbocycles. The maximum atomic E-state index is 3.68. The lowest BCUT2D eigenvalue weighted by molar-refractivity contribution is 0.159. The van der Waals surface area contributed by atoms with Crippen LogP contribution in [0.4, 0.5) is 0 Å². The molecule has 1 heterocycles. The summed E-state index contributed by atoms with van der Waals surface area (Å²) in [6, 6.07) is 0.757. The summed E-state index contributed by atoms with van der Waals surface area (Å²) in [5, 5.41) is 3.68. The zero-order valence-electron chi connectivity index (χ0n) is 10.3. The molecule has 88 valence electrons. The summed E-state index contributed by atoms with van der Waals surface area (Å²) < 4.78 is 0. The van der Waals surface area contributed by atoms with Crippen molar-refractivity contribution in [3.63, 3.8) is 0 Å². The van der Waals surface area contributed by atoms with E-state index in [1.807, 2.05) is 0 Å². The first kappa shape index (κ1) is 11.4. The molecule has 1 aliphatic heterocycles. The van der Waals surface area contributed by atoms with Crippen molar-refractivity contribution in [2.45, 2.75) is 45.1 Å². The first-order chi connectivity index (χ1) is 7.28. The van der Waals surface area contributed by atoms with Gasteiger partial charge in [0.05, 0.1) is 0 Å². The third kappa shape index (κ3) is 3.76. The molecule has 2 nitrogen and oxygen atoms in total. The molecule has 2 fully saturated rings. The molecule has 2 heteroatoms. The highest BCUT2D eigenvalue weighted by molar-refractivity contribution is 4.86. The molecule has 0 bridgehead atoms. The Bertz CT molecular complexity index is 187. The van der Waals surface area contributed by atoms with E-state index >= 15 is 0 Å². The lowest BCUT2D eigenvalue weighted by Gasteiger charge is -2.36. The van der Waals surface area contributed by atoms with Crippen LogP contribution in [0.15, 0.2) is 0 Å². The van der Waals surface area contributed by atoms with Crippen LogP contribution in [0, 0.1) is 11.8 Å². The van der Waals surface area contributed by atoms with Crippen molar-refractivity contribution < 1.29 is 0 Å². The van der Waals surface area contributed by atoms with Crippen LogP contribution in [0.25, 0.3) is 0 Å². The van der Waals surface area contributed by atoms with Crippen LogP contribution in [0.1, 0.15) is 39.0 Å². The average Bonchev–Trinajstić information content (AvgIpc) is 2.98. The topological polar surface area (TPSA) is 15.3 Å². The van der Waals surface area contributed by atoms with E-state index in [0.29, 0.717) is 0 Å². The molecule has 0 aromatic rings. The molecule has 2 atom stereocenters. The van der Waals surface area contributed by atoms with Crippen molar-refractivity contribution in [3.05, 3.63) is 0 Å². The maximum absolute atomic E-state index is 3.68. The Morgan fingerprint density at radius 1 is 1.20 bits per heavy atom. The van der Waals surface area contributed by atoms with Gasteiger partial charge in [-0.25, -0.2) is 0 Å². The zero-order chi connectivity index (χ0) is 10.7. The van der Waals surface area contributed by atoms with E-state index in [1.165, 1.54) is 51.7 Å². The molecule has 1 saturated carbocycles. The quantitative estimate of drug-likeness (QED) is 0.747. The molecule has 1 N–H and O–H groups in total. The molecule has 0 radical (unpaired) electrons. The Labute approximate surface area is 94.4 Å². The lowest BCUT2D eigenvalue weighted by atomic mass is 9.90. The second-order valence-corrected chi connectivity index (χ2v) is 5.65. The fourth-order valence-electron chi connectivity index (χ4n) is 2.94. The van der Waals surface area contributed by atoms with E-state index in [9.17, 15) is 0 Å². The number of hydrogen-bond donors (Lipinski definition) is 1. The van der Waals surface area contributed by atoms with Crippen LogP contribution < -0.4 is 5.32 Å². The van der Waals surface area contributed by atoms with Gasteiger partial charge in [0.2, 0.25) is 0 Å². The largest absolute Gasteiger partial charge is 0.313 e. The van der Waals surface area contributed by atoms with E-state index in [-0.39, 0.29) is 0 Å². The number of nitrogens with one attached hydrogen (secondary N) is 1. The summed E-state index contributed by atoms with van der Waals surface area (Å²) in [7, 11) is 2.28. The third-order valence-corrected chi connectivity index (χ3v) is 3.77. The van der Waals surface area contributed by atoms with Crippen LogP contribution in [0.5, 0.6) is 0 Å². The summed E-state index contributed by atoms with van der Waals surface area (Å²) >= 11 is 0. The lowest BCUT2D eigenvalue weighted by Crippen LogP contribution is -2.47. The summed E-state index contributed by atoms with van der Waals surface area (Å²) in [6.07, 6.45) is 7.18. The van der Waals surface area contributed by atoms with Gasteiger partial charge in [0.25, 0.3) is 0 Å². The van der Waals surface area contributed by atoms with Gasteiger partial charge < -0.3 is 10.2 Å². The van der Waals surface area contributed by atoms with Gasteiger partial charge in [0.1, 0.15) is 0 Å². The Balaban J connectivity index is 1.74. The monoisotopic (exact) mass is 210 g/mol. The van der Waals surface area contributed by atoms with Crippen molar-refractivity contribution in [1.82, 2.24) is 10.2 Å². The summed E-state index contributed by atoms with van der Waals surface area (Å²) in [5.41, 5.74) is 0. The predicted octanol–water partition coefficient (Wildman–Crippen LogP) is 2.11. The minimum atomic E-state index is 0.757. The van der Waals surface area contributed by atoms with Crippen LogP contribution in [0.2, 0.25) is 0 Å². The number of likely N-dealkylation sites (tertiary alicyclic amines) is 1.